The van der Waals surface area contributed by atoms with Gasteiger partial charge in [0, 0.05) is 36.1 Å². The highest BCUT2D eigenvalue weighted by Gasteiger charge is 2.34. The number of thioether (sulfide) groups is 1. The fourth-order valence-electron chi connectivity index (χ4n) is 3.50. The largest absolute Gasteiger partial charge is 0.350 e. The second-order valence-corrected chi connectivity index (χ2v) is 9.30. The summed E-state index contributed by atoms with van der Waals surface area (Å²) in [7, 11) is 0. The first kappa shape index (κ1) is 22.0. The molecule has 0 bridgehead atoms. The molecular weight excluding hydrogens is 444 g/mol. The molecule has 0 atom stereocenters. The first-order valence-electron chi connectivity index (χ1n) is 10.0. The minimum atomic E-state index is -0.336. The van der Waals surface area contributed by atoms with Crippen LogP contribution < -0.4 is 5.32 Å². The predicted octanol–water partition coefficient (Wildman–Crippen LogP) is 4.33. The summed E-state index contributed by atoms with van der Waals surface area (Å²) in [6.45, 7) is 6.08. The third-order valence-corrected chi connectivity index (χ3v) is 6.82. The Bertz CT molecular complexity index is 1210. The molecule has 3 heterocycles. The van der Waals surface area contributed by atoms with Crippen molar-refractivity contribution in [2.45, 2.75) is 20.8 Å². The number of aromatic nitrogens is 2. The normalized spacial score (nSPS) is 15.1. The lowest BCUT2D eigenvalue weighted by molar-refractivity contribution is -0.122. The van der Waals surface area contributed by atoms with Crippen molar-refractivity contribution in [2.24, 2.45) is 0 Å². The molecule has 2 aromatic heterocycles. The van der Waals surface area contributed by atoms with Crippen LogP contribution in [0.1, 0.15) is 32.9 Å². The van der Waals surface area contributed by atoms with Crippen LogP contribution in [-0.2, 0) is 4.79 Å². The van der Waals surface area contributed by atoms with Gasteiger partial charge in [-0.25, -0.2) is 4.98 Å². The van der Waals surface area contributed by atoms with Gasteiger partial charge in [-0.05, 0) is 50.2 Å². The number of benzene rings is 1. The number of amides is 3. The molecule has 4 rings (SSSR count). The van der Waals surface area contributed by atoms with Crippen molar-refractivity contribution in [1.82, 2.24) is 19.8 Å². The molecule has 3 aromatic rings. The van der Waals surface area contributed by atoms with Crippen molar-refractivity contribution in [3.05, 3.63) is 74.9 Å². The second kappa shape index (κ2) is 9.13. The van der Waals surface area contributed by atoms with E-state index in [1.807, 2.05) is 61.1 Å². The van der Waals surface area contributed by atoms with Crippen molar-refractivity contribution >= 4 is 46.2 Å². The summed E-state index contributed by atoms with van der Waals surface area (Å²) in [5, 5.41) is 5.18. The van der Waals surface area contributed by atoms with Crippen molar-refractivity contribution in [2.75, 3.05) is 13.1 Å². The molecule has 9 heteroatoms. The summed E-state index contributed by atoms with van der Waals surface area (Å²) >= 11 is 2.42. The molecule has 1 N–H and O–H groups in total. The number of carbonyl (C=O) groups excluding carboxylic acids is 3. The molecule has 164 valence electrons. The lowest BCUT2D eigenvalue weighted by Crippen LogP contribution is -2.37. The topological polar surface area (TPSA) is 84.3 Å². The summed E-state index contributed by atoms with van der Waals surface area (Å²) in [6.07, 6.45) is 3.44. The second-order valence-electron chi connectivity index (χ2n) is 7.43. The Morgan fingerprint density at radius 3 is 2.59 bits per heavy atom. The van der Waals surface area contributed by atoms with Gasteiger partial charge in [-0.2, -0.15) is 0 Å². The Hall–Kier alpha value is -3.17. The van der Waals surface area contributed by atoms with Gasteiger partial charge >= 0.3 is 0 Å². The zero-order valence-corrected chi connectivity index (χ0v) is 19.5. The van der Waals surface area contributed by atoms with Gasteiger partial charge in [0.05, 0.1) is 10.5 Å². The standard InChI is InChI=1S/C23H22N4O3S2/c1-14-4-6-17(7-5-14)13-19-21(29)26(23(30)32-19)10-8-24-20(28)18-12-15(2)27(16(18)3)22-25-9-11-31-22/h4-7,9,11-13H,8,10H2,1-3H3,(H,24,28)/b19-13-. The maximum Gasteiger partial charge on any atom is 0.293 e. The van der Waals surface area contributed by atoms with Crippen LogP contribution in [0.15, 0.2) is 46.8 Å². The van der Waals surface area contributed by atoms with Crippen LogP contribution in [0, 0.1) is 20.8 Å². The van der Waals surface area contributed by atoms with E-state index in [1.54, 1.807) is 12.3 Å². The van der Waals surface area contributed by atoms with Gasteiger partial charge in [0.2, 0.25) is 0 Å². The fourth-order valence-corrected chi connectivity index (χ4v) is 5.11. The van der Waals surface area contributed by atoms with Gasteiger partial charge in [0.15, 0.2) is 5.13 Å². The zero-order valence-electron chi connectivity index (χ0n) is 17.9. The number of carbonyl (C=O) groups is 3. The molecule has 0 aliphatic carbocycles. The van der Waals surface area contributed by atoms with Crippen molar-refractivity contribution in [1.29, 1.82) is 0 Å². The van der Waals surface area contributed by atoms with Crippen molar-refractivity contribution in [3.63, 3.8) is 0 Å². The molecule has 1 saturated heterocycles. The van der Waals surface area contributed by atoms with E-state index in [2.05, 4.69) is 10.3 Å². The van der Waals surface area contributed by atoms with E-state index in [1.165, 1.54) is 16.2 Å². The lowest BCUT2D eigenvalue weighted by Gasteiger charge is -2.13. The third-order valence-electron chi connectivity index (χ3n) is 5.16. The zero-order chi connectivity index (χ0) is 22.8. The van der Waals surface area contributed by atoms with Gasteiger partial charge in [-0.3, -0.25) is 23.9 Å². The Balaban J connectivity index is 1.39. The monoisotopic (exact) mass is 466 g/mol. The quantitative estimate of drug-likeness (QED) is 0.547. The van der Waals surface area contributed by atoms with Gasteiger partial charge < -0.3 is 5.32 Å². The Morgan fingerprint density at radius 1 is 1.16 bits per heavy atom. The van der Waals surface area contributed by atoms with Gasteiger partial charge in [-0.1, -0.05) is 29.8 Å². The Morgan fingerprint density at radius 2 is 1.91 bits per heavy atom. The summed E-state index contributed by atoms with van der Waals surface area (Å²) in [5.41, 5.74) is 4.24. The first-order chi connectivity index (χ1) is 15.3. The van der Waals surface area contributed by atoms with E-state index in [-0.39, 0.29) is 30.1 Å². The minimum absolute atomic E-state index is 0.118. The Kier molecular flexibility index (Phi) is 6.29. The molecular formula is C23H22N4O3S2. The van der Waals surface area contributed by atoms with Gasteiger partial charge in [-0.15, -0.1) is 11.3 Å². The van der Waals surface area contributed by atoms with E-state index < -0.39 is 0 Å². The molecule has 1 aromatic carbocycles. The number of nitrogens with zero attached hydrogens (tertiary/aromatic N) is 3. The number of thiazole rings is 1. The predicted molar refractivity (Wildman–Crippen MR) is 127 cm³/mol. The summed E-state index contributed by atoms with van der Waals surface area (Å²) in [6, 6.07) is 9.54. The summed E-state index contributed by atoms with van der Waals surface area (Å²) < 4.78 is 1.94. The maximum atomic E-state index is 12.7. The smallest absolute Gasteiger partial charge is 0.293 e. The summed E-state index contributed by atoms with van der Waals surface area (Å²) in [5.74, 6) is -0.583. The van der Waals surface area contributed by atoms with E-state index >= 15 is 0 Å². The highest BCUT2D eigenvalue weighted by atomic mass is 32.2. The van der Waals surface area contributed by atoms with E-state index in [4.69, 9.17) is 0 Å². The number of aryl methyl sites for hydroxylation is 2. The van der Waals surface area contributed by atoms with E-state index in [0.717, 1.165) is 39.4 Å². The molecule has 1 aliphatic heterocycles. The molecule has 0 unspecified atom stereocenters. The maximum absolute atomic E-state index is 12.7. The molecule has 32 heavy (non-hydrogen) atoms. The lowest BCUT2D eigenvalue weighted by atomic mass is 10.1. The first-order valence-corrected chi connectivity index (χ1v) is 11.7. The van der Waals surface area contributed by atoms with Crippen molar-refractivity contribution in [3.8, 4) is 5.13 Å². The van der Waals surface area contributed by atoms with Gasteiger partial charge in [0.25, 0.3) is 17.1 Å². The molecule has 1 aliphatic rings. The number of nitrogens with one attached hydrogen (secondary N) is 1. The summed E-state index contributed by atoms with van der Waals surface area (Å²) in [4.78, 5) is 43.6. The van der Waals surface area contributed by atoms with Crippen LogP contribution in [-0.4, -0.2) is 44.6 Å². The van der Waals surface area contributed by atoms with Crippen LogP contribution in [0.5, 0.6) is 0 Å². The van der Waals surface area contributed by atoms with Crippen LogP contribution in [0.2, 0.25) is 0 Å². The highest BCUT2D eigenvalue weighted by molar-refractivity contribution is 8.18. The molecule has 0 radical (unpaired) electrons. The van der Waals surface area contributed by atoms with Crippen LogP contribution in [0.3, 0.4) is 0 Å². The number of hydrogen-bond acceptors (Lipinski definition) is 6. The van der Waals surface area contributed by atoms with Crippen LogP contribution >= 0.6 is 23.1 Å². The van der Waals surface area contributed by atoms with E-state index in [9.17, 15) is 14.4 Å². The number of rotatable bonds is 6. The Labute approximate surface area is 194 Å². The van der Waals surface area contributed by atoms with Gasteiger partial charge in [0.1, 0.15) is 0 Å². The molecule has 3 amide bonds. The SMILES string of the molecule is Cc1ccc(/C=C2\SC(=O)N(CCNC(=O)c3cc(C)n(-c4nccs4)c3C)C2=O)cc1. The average molecular weight is 467 g/mol. The third kappa shape index (κ3) is 4.39. The molecule has 0 spiro atoms. The highest BCUT2D eigenvalue weighted by Crippen LogP contribution is 2.32. The minimum Gasteiger partial charge on any atom is -0.350 e. The average Bonchev–Trinajstić information content (AvgIpc) is 3.45. The van der Waals surface area contributed by atoms with Crippen LogP contribution in [0.4, 0.5) is 4.79 Å². The number of hydrogen-bond donors (Lipinski definition) is 1. The van der Waals surface area contributed by atoms with E-state index in [0.29, 0.717) is 10.5 Å². The molecule has 1 fully saturated rings. The number of imide groups is 1. The molecule has 7 nitrogen and oxygen atoms in total. The molecule has 0 saturated carbocycles. The van der Waals surface area contributed by atoms with Crippen molar-refractivity contribution < 1.29 is 14.4 Å². The van der Waals surface area contributed by atoms with Crippen LogP contribution in [0.25, 0.3) is 11.2 Å². The fraction of sp³-hybridized carbons (Fsp3) is 0.217.